The Kier molecular flexibility index (Phi) is 7.37. The summed E-state index contributed by atoms with van der Waals surface area (Å²) in [5, 5.41) is 0. The zero-order valence-corrected chi connectivity index (χ0v) is 24.4. The van der Waals surface area contributed by atoms with Gasteiger partial charge in [0.25, 0.3) is 6.43 Å². The van der Waals surface area contributed by atoms with Crippen molar-refractivity contribution in [2.24, 2.45) is 11.3 Å². The van der Waals surface area contributed by atoms with Crippen LogP contribution >= 0.6 is 0 Å². The van der Waals surface area contributed by atoms with Gasteiger partial charge in [-0.2, -0.15) is 0 Å². The van der Waals surface area contributed by atoms with Crippen LogP contribution in [0.5, 0.6) is 0 Å². The fraction of sp³-hybridized carbons (Fsp3) is 0.750. The van der Waals surface area contributed by atoms with Crippen molar-refractivity contribution in [1.82, 2.24) is 19.6 Å². The Morgan fingerprint density at radius 3 is 2.27 bits per heavy atom. The van der Waals surface area contributed by atoms with E-state index in [0.29, 0.717) is 36.4 Å². The van der Waals surface area contributed by atoms with Crippen LogP contribution in [-0.2, 0) is 4.79 Å². The summed E-state index contributed by atoms with van der Waals surface area (Å²) in [6.07, 6.45) is 5.63. The van der Waals surface area contributed by atoms with Gasteiger partial charge in [-0.05, 0) is 63.9 Å². The first kappa shape index (κ1) is 27.9. The average Bonchev–Trinajstić information content (AvgIpc) is 3.65. The van der Waals surface area contributed by atoms with E-state index in [9.17, 15) is 18.4 Å². The fourth-order valence-corrected chi connectivity index (χ4v) is 9.29. The molecule has 4 heterocycles. The number of likely N-dealkylation sites (tertiary alicyclic amines) is 1. The molecule has 2 unspecified atom stereocenters. The van der Waals surface area contributed by atoms with Crippen molar-refractivity contribution in [3.63, 3.8) is 0 Å². The minimum absolute atomic E-state index is 0.0186. The maximum atomic E-state index is 13.7. The van der Waals surface area contributed by atoms with E-state index in [4.69, 9.17) is 0 Å². The smallest absolute Gasteiger partial charge is 0.321 e. The van der Waals surface area contributed by atoms with E-state index in [0.717, 1.165) is 71.0 Å². The number of carbonyl (C=O) groups excluding carboxylic acids is 2. The minimum Gasteiger partial charge on any atom is -0.341 e. The van der Waals surface area contributed by atoms with Crippen molar-refractivity contribution in [2.75, 3.05) is 32.7 Å². The number of benzene rings is 1. The standard InChI is InChI=1S/C32H46F2N4O2/c1-22(2)38-30(40)36(20-28(33)34)21-32(38)15-25-11-12-26(16-32)37(25)18-24-17-35(29(39)31(3)13-7-8-14-31)19-27(24)23-9-5-4-6-10-23/h4-6,9-10,22,24-28H,7-8,11-21H2,1-3H3/t24-,25?,26?,27-,32?/m1/s1. The molecule has 1 aromatic carbocycles. The normalized spacial score (nSPS) is 33.9. The van der Waals surface area contributed by atoms with Crippen LogP contribution < -0.4 is 0 Å². The topological polar surface area (TPSA) is 47.1 Å². The summed E-state index contributed by atoms with van der Waals surface area (Å²) in [6.45, 7) is 8.65. The first-order valence-corrected chi connectivity index (χ1v) is 15.6. The molecule has 4 atom stereocenters. The molecule has 5 aliphatic rings. The summed E-state index contributed by atoms with van der Waals surface area (Å²) >= 11 is 0. The molecule has 1 spiro atoms. The Morgan fingerprint density at radius 2 is 1.68 bits per heavy atom. The van der Waals surface area contributed by atoms with Gasteiger partial charge in [-0.15, -0.1) is 0 Å². The SMILES string of the molecule is CC(C)N1C(=O)N(CC(F)F)CC12CC1CCC(C2)N1C[C@H]1CN(C(=O)C2(C)CCCC2)C[C@@H]1c1ccccc1. The summed E-state index contributed by atoms with van der Waals surface area (Å²) < 4.78 is 26.7. The number of nitrogens with zero attached hydrogens (tertiary/aromatic N) is 4. The molecule has 6 rings (SSSR count). The van der Waals surface area contributed by atoms with Crippen LogP contribution in [0.25, 0.3) is 0 Å². The fourth-order valence-electron chi connectivity index (χ4n) is 9.29. The Labute approximate surface area is 238 Å². The highest BCUT2D eigenvalue weighted by molar-refractivity contribution is 5.83. The lowest BCUT2D eigenvalue weighted by Gasteiger charge is -2.50. The Hall–Kier alpha value is -2.22. The molecular weight excluding hydrogens is 510 g/mol. The van der Waals surface area contributed by atoms with Crippen LogP contribution in [0.2, 0.25) is 0 Å². The number of halogens is 2. The zero-order chi connectivity index (χ0) is 28.2. The van der Waals surface area contributed by atoms with Gasteiger partial charge in [0.15, 0.2) is 0 Å². The summed E-state index contributed by atoms with van der Waals surface area (Å²) in [7, 11) is 0. The predicted molar refractivity (Wildman–Crippen MR) is 151 cm³/mol. The zero-order valence-electron chi connectivity index (χ0n) is 24.4. The second-order valence-electron chi connectivity index (χ2n) is 14.0. The summed E-state index contributed by atoms with van der Waals surface area (Å²) in [4.78, 5) is 35.2. The number of rotatable bonds is 7. The Morgan fingerprint density at radius 1 is 1.02 bits per heavy atom. The third-order valence-electron chi connectivity index (χ3n) is 11.0. The van der Waals surface area contributed by atoms with Crippen molar-refractivity contribution in [2.45, 2.75) is 108 Å². The molecule has 1 aliphatic carbocycles. The molecule has 40 heavy (non-hydrogen) atoms. The van der Waals surface area contributed by atoms with Crippen LogP contribution in [0, 0.1) is 11.3 Å². The first-order chi connectivity index (χ1) is 19.1. The minimum atomic E-state index is -2.51. The maximum absolute atomic E-state index is 13.7. The molecular formula is C32H46F2N4O2. The molecule has 0 aromatic heterocycles. The average molecular weight is 557 g/mol. The van der Waals surface area contributed by atoms with E-state index in [1.165, 1.54) is 10.5 Å². The monoisotopic (exact) mass is 556 g/mol. The molecule has 0 radical (unpaired) electrons. The summed E-state index contributed by atoms with van der Waals surface area (Å²) in [5.41, 5.74) is 0.734. The van der Waals surface area contributed by atoms with Crippen LogP contribution in [0.15, 0.2) is 30.3 Å². The van der Waals surface area contributed by atoms with Crippen molar-refractivity contribution in [1.29, 1.82) is 0 Å². The van der Waals surface area contributed by atoms with Gasteiger partial charge in [-0.3, -0.25) is 9.69 Å². The molecule has 6 nitrogen and oxygen atoms in total. The summed E-state index contributed by atoms with van der Waals surface area (Å²) in [5.74, 6) is 1.01. The lowest BCUT2D eigenvalue weighted by molar-refractivity contribution is -0.140. The molecule has 220 valence electrons. The number of hydrogen-bond acceptors (Lipinski definition) is 3. The van der Waals surface area contributed by atoms with E-state index in [1.807, 2.05) is 18.7 Å². The van der Waals surface area contributed by atoms with Crippen LogP contribution in [0.4, 0.5) is 13.6 Å². The number of amides is 3. The van der Waals surface area contributed by atoms with Gasteiger partial charge in [0, 0.05) is 55.6 Å². The van der Waals surface area contributed by atoms with Crippen LogP contribution in [0.1, 0.15) is 83.6 Å². The number of alkyl halides is 2. The Balaban J connectivity index is 1.21. The van der Waals surface area contributed by atoms with Gasteiger partial charge in [0.2, 0.25) is 5.91 Å². The van der Waals surface area contributed by atoms with Gasteiger partial charge in [-0.1, -0.05) is 50.1 Å². The van der Waals surface area contributed by atoms with E-state index in [1.54, 1.807) is 0 Å². The highest BCUT2D eigenvalue weighted by Crippen LogP contribution is 2.49. The largest absolute Gasteiger partial charge is 0.341 e. The molecule has 3 amide bonds. The van der Waals surface area contributed by atoms with Gasteiger partial charge >= 0.3 is 6.03 Å². The van der Waals surface area contributed by atoms with Crippen molar-refractivity contribution < 1.29 is 18.4 Å². The highest BCUT2D eigenvalue weighted by atomic mass is 19.3. The van der Waals surface area contributed by atoms with Gasteiger partial charge in [-0.25, -0.2) is 13.6 Å². The van der Waals surface area contributed by atoms with Crippen LogP contribution in [-0.4, -0.2) is 94.4 Å². The Bertz CT molecular complexity index is 1080. The number of urea groups is 1. The van der Waals surface area contributed by atoms with Crippen molar-refractivity contribution in [3.8, 4) is 0 Å². The molecule has 2 bridgehead atoms. The molecule has 1 aromatic rings. The molecule has 8 heteroatoms. The third kappa shape index (κ3) is 4.82. The number of fused-ring (bicyclic) bond motifs is 2. The van der Waals surface area contributed by atoms with Crippen molar-refractivity contribution >= 4 is 11.9 Å². The lowest BCUT2D eigenvalue weighted by atomic mass is 9.80. The van der Waals surface area contributed by atoms with E-state index >= 15 is 0 Å². The van der Waals surface area contributed by atoms with Gasteiger partial charge in [0.05, 0.1) is 12.1 Å². The van der Waals surface area contributed by atoms with Crippen molar-refractivity contribution in [3.05, 3.63) is 35.9 Å². The first-order valence-electron chi connectivity index (χ1n) is 15.6. The van der Waals surface area contributed by atoms with E-state index in [2.05, 4.69) is 47.1 Å². The summed E-state index contributed by atoms with van der Waals surface area (Å²) in [6, 6.07) is 11.1. The lowest BCUT2D eigenvalue weighted by Crippen LogP contribution is -2.60. The second-order valence-corrected chi connectivity index (χ2v) is 14.0. The van der Waals surface area contributed by atoms with Crippen LogP contribution in [0.3, 0.4) is 0 Å². The number of piperidine rings is 1. The van der Waals surface area contributed by atoms with Gasteiger partial charge < -0.3 is 14.7 Å². The van der Waals surface area contributed by atoms with E-state index in [-0.39, 0.29) is 23.0 Å². The van der Waals surface area contributed by atoms with E-state index < -0.39 is 13.0 Å². The number of hydrogen-bond donors (Lipinski definition) is 0. The molecule has 1 saturated carbocycles. The quantitative estimate of drug-likeness (QED) is 0.440. The third-order valence-corrected chi connectivity index (χ3v) is 11.0. The molecule has 5 fully saturated rings. The molecule has 4 saturated heterocycles. The second kappa shape index (κ2) is 10.6. The van der Waals surface area contributed by atoms with Gasteiger partial charge in [0.1, 0.15) is 0 Å². The molecule has 0 N–H and O–H groups in total. The predicted octanol–water partition coefficient (Wildman–Crippen LogP) is 5.59. The highest BCUT2D eigenvalue weighted by Gasteiger charge is 2.58. The maximum Gasteiger partial charge on any atom is 0.321 e. The molecule has 4 aliphatic heterocycles. The number of carbonyl (C=O) groups is 2.